The summed E-state index contributed by atoms with van der Waals surface area (Å²) in [6.45, 7) is 7.29. The van der Waals surface area contributed by atoms with E-state index in [0.29, 0.717) is 5.92 Å². The number of fused-ring (bicyclic) bond motifs is 2. The van der Waals surface area contributed by atoms with Gasteiger partial charge in [0, 0.05) is 40.3 Å². The van der Waals surface area contributed by atoms with E-state index in [1.54, 1.807) is 0 Å². The minimum Gasteiger partial charge on any atom is -0.268 e. The molecule has 1 atom stereocenters. The molecule has 6 heteroatoms. The van der Waals surface area contributed by atoms with Crippen molar-refractivity contribution in [1.29, 1.82) is 0 Å². The maximum absolute atomic E-state index is 6.39. The van der Waals surface area contributed by atoms with Crippen molar-refractivity contribution in [1.82, 2.24) is 19.6 Å². The van der Waals surface area contributed by atoms with E-state index in [1.807, 2.05) is 53.1 Å². The maximum atomic E-state index is 6.39. The molecule has 4 nitrogen and oxygen atoms in total. The van der Waals surface area contributed by atoms with Gasteiger partial charge in [0.05, 0.1) is 23.4 Å². The van der Waals surface area contributed by atoms with E-state index in [0.717, 1.165) is 33.0 Å². The molecule has 1 unspecified atom stereocenters. The molecule has 0 saturated carbocycles. The molecule has 2 aromatic heterocycles. The van der Waals surface area contributed by atoms with Crippen molar-refractivity contribution in [2.75, 3.05) is 0 Å². The van der Waals surface area contributed by atoms with Gasteiger partial charge in [-0.25, -0.2) is 0 Å². The highest BCUT2D eigenvalue weighted by atomic mass is 35.5. The fraction of sp³-hybridized carbons (Fsp3) is 0.333. The van der Waals surface area contributed by atoms with E-state index in [1.165, 1.54) is 16.5 Å². The number of benzene rings is 2. The van der Waals surface area contributed by atoms with Crippen molar-refractivity contribution in [2.45, 2.75) is 39.2 Å². The number of hydrogen-bond donors (Lipinski definition) is 0. The molecule has 0 bridgehead atoms. The average Bonchev–Trinajstić information content (AvgIpc) is 3.17. The molecule has 0 aliphatic heterocycles. The molecule has 0 saturated heterocycles. The minimum absolute atomic E-state index is 0.214. The fourth-order valence-corrected chi connectivity index (χ4v) is 4.30. The molecule has 0 aliphatic rings. The summed E-state index contributed by atoms with van der Waals surface area (Å²) in [5.74, 6) is 0.606. The van der Waals surface area contributed by atoms with Gasteiger partial charge < -0.3 is 0 Å². The van der Waals surface area contributed by atoms with Gasteiger partial charge in [0.25, 0.3) is 0 Å². The molecule has 0 radical (unpaired) electrons. The van der Waals surface area contributed by atoms with Gasteiger partial charge in [0.1, 0.15) is 0 Å². The third-order valence-electron chi connectivity index (χ3n) is 5.19. The zero-order valence-corrected chi connectivity index (χ0v) is 17.4. The van der Waals surface area contributed by atoms with Crippen molar-refractivity contribution in [3.63, 3.8) is 0 Å². The predicted octanol–water partition coefficient (Wildman–Crippen LogP) is 6.16. The highest BCUT2D eigenvalue weighted by molar-refractivity contribution is 6.31. The van der Waals surface area contributed by atoms with Gasteiger partial charge in [-0.2, -0.15) is 10.2 Å². The number of halogens is 2. The van der Waals surface area contributed by atoms with Crippen LogP contribution in [0, 0.1) is 0 Å². The van der Waals surface area contributed by atoms with Gasteiger partial charge in [0.15, 0.2) is 0 Å². The van der Waals surface area contributed by atoms with Crippen molar-refractivity contribution in [3.8, 4) is 0 Å². The van der Waals surface area contributed by atoms with Gasteiger partial charge in [-0.1, -0.05) is 44.0 Å². The summed E-state index contributed by atoms with van der Waals surface area (Å²) >= 11 is 12.7. The highest BCUT2D eigenvalue weighted by Gasteiger charge is 2.17. The molecule has 4 rings (SSSR count). The van der Waals surface area contributed by atoms with Crippen molar-refractivity contribution in [3.05, 3.63) is 57.8 Å². The van der Waals surface area contributed by atoms with Crippen LogP contribution in [0.3, 0.4) is 0 Å². The van der Waals surface area contributed by atoms with E-state index in [2.05, 4.69) is 31.0 Å². The van der Waals surface area contributed by atoms with Crippen molar-refractivity contribution in [2.24, 2.45) is 7.05 Å². The second kappa shape index (κ2) is 6.84. The zero-order chi connectivity index (χ0) is 19.3. The molecule has 0 spiro atoms. The van der Waals surface area contributed by atoms with Crippen LogP contribution in [0.15, 0.2) is 36.7 Å². The Morgan fingerprint density at radius 3 is 2.37 bits per heavy atom. The number of aryl methyl sites for hydroxylation is 1. The minimum atomic E-state index is 0.214. The third-order valence-corrected chi connectivity index (χ3v) is 5.62. The standard InChI is InChI=1S/C21H22Cl2N4/c1-12(2)17-6-16(23)8-20-19(17)10-25-27(20)11-13(3)18-7-15(22)5-14-9-24-26(4)21(14)18/h5-10,12-13H,11H2,1-4H3. The molecule has 0 fully saturated rings. The normalized spacial score (nSPS) is 13.1. The Morgan fingerprint density at radius 2 is 1.63 bits per heavy atom. The first-order chi connectivity index (χ1) is 12.8. The first-order valence-corrected chi connectivity index (χ1v) is 9.87. The molecular weight excluding hydrogens is 379 g/mol. The Bertz CT molecular complexity index is 1140. The fourth-order valence-electron chi connectivity index (χ4n) is 3.85. The Morgan fingerprint density at radius 1 is 0.926 bits per heavy atom. The Hall–Kier alpha value is -2.04. The maximum Gasteiger partial charge on any atom is 0.0715 e. The summed E-state index contributed by atoms with van der Waals surface area (Å²) in [6, 6.07) is 8.03. The lowest BCUT2D eigenvalue weighted by molar-refractivity contribution is 0.559. The summed E-state index contributed by atoms with van der Waals surface area (Å²) in [7, 11) is 1.96. The average molecular weight is 401 g/mol. The van der Waals surface area contributed by atoms with Crippen molar-refractivity contribution < 1.29 is 0 Å². The van der Waals surface area contributed by atoms with E-state index >= 15 is 0 Å². The summed E-state index contributed by atoms with van der Waals surface area (Å²) in [5.41, 5.74) is 4.59. The molecule has 2 aromatic carbocycles. The van der Waals surface area contributed by atoms with E-state index in [9.17, 15) is 0 Å². The molecular formula is C21H22Cl2N4. The van der Waals surface area contributed by atoms with Crippen LogP contribution in [0.4, 0.5) is 0 Å². The largest absolute Gasteiger partial charge is 0.268 e. The Kier molecular flexibility index (Phi) is 4.65. The van der Waals surface area contributed by atoms with E-state index in [-0.39, 0.29) is 5.92 Å². The summed E-state index contributed by atoms with van der Waals surface area (Å²) in [4.78, 5) is 0. The van der Waals surface area contributed by atoms with Crippen LogP contribution in [0.5, 0.6) is 0 Å². The number of rotatable bonds is 4. The monoisotopic (exact) mass is 400 g/mol. The smallest absolute Gasteiger partial charge is 0.0715 e. The van der Waals surface area contributed by atoms with Crippen LogP contribution in [-0.4, -0.2) is 19.6 Å². The summed E-state index contributed by atoms with van der Waals surface area (Å²) < 4.78 is 3.95. The van der Waals surface area contributed by atoms with E-state index < -0.39 is 0 Å². The SMILES string of the molecule is CC(C)c1cc(Cl)cc2c1cnn2CC(C)c1cc(Cl)cc2cnn(C)c12. The molecule has 140 valence electrons. The van der Waals surface area contributed by atoms with Crippen LogP contribution in [0.1, 0.15) is 43.7 Å². The first-order valence-electron chi connectivity index (χ1n) is 9.11. The van der Waals surface area contributed by atoms with Crippen LogP contribution in [-0.2, 0) is 13.6 Å². The molecule has 0 amide bonds. The Labute approximate surface area is 168 Å². The summed E-state index contributed by atoms with van der Waals surface area (Å²) in [6.07, 6.45) is 3.81. The molecule has 2 heterocycles. The van der Waals surface area contributed by atoms with Crippen LogP contribution >= 0.6 is 23.2 Å². The van der Waals surface area contributed by atoms with Gasteiger partial charge in [-0.15, -0.1) is 0 Å². The lowest BCUT2D eigenvalue weighted by atomic mass is 9.98. The molecule has 27 heavy (non-hydrogen) atoms. The van der Waals surface area contributed by atoms with E-state index in [4.69, 9.17) is 23.2 Å². The van der Waals surface area contributed by atoms with Crippen molar-refractivity contribution >= 4 is 45.0 Å². The predicted molar refractivity (Wildman–Crippen MR) is 113 cm³/mol. The van der Waals surface area contributed by atoms with Gasteiger partial charge >= 0.3 is 0 Å². The van der Waals surface area contributed by atoms with Crippen LogP contribution < -0.4 is 0 Å². The van der Waals surface area contributed by atoms with Gasteiger partial charge in [-0.05, 0) is 41.3 Å². The zero-order valence-electron chi connectivity index (χ0n) is 15.9. The number of aromatic nitrogens is 4. The second-order valence-electron chi connectivity index (χ2n) is 7.51. The lowest BCUT2D eigenvalue weighted by Gasteiger charge is -2.16. The summed E-state index contributed by atoms with van der Waals surface area (Å²) in [5, 5.41) is 12.7. The lowest BCUT2D eigenvalue weighted by Crippen LogP contribution is -2.09. The highest BCUT2D eigenvalue weighted by Crippen LogP contribution is 2.33. The van der Waals surface area contributed by atoms with Gasteiger partial charge in [-0.3, -0.25) is 9.36 Å². The van der Waals surface area contributed by atoms with Gasteiger partial charge in [0.2, 0.25) is 0 Å². The number of nitrogens with zero attached hydrogens (tertiary/aromatic N) is 4. The first kappa shape index (κ1) is 18.3. The topological polar surface area (TPSA) is 35.6 Å². The van der Waals surface area contributed by atoms with Crippen LogP contribution in [0.25, 0.3) is 21.8 Å². The molecule has 0 aliphatic carbocycles. The molecule has 0 N–H and O–H groups in total. The third kappa shape index (κ3) is 3.21. The number of hydrogen-bond acceptors (Lipinski definition) is 2. The quantitative estimate of drug-likeness (QED) is 0.411. The Balaban J connectivity index is 1.78. The van der Waals surface area contributed by atoms with Crippen LogP contribution in [0.2, 0.25) is 10.0 Å². The second-order valence-corrected chi connectivity index (χ2v) is 8.38. The molecule has 4 aromatic rings.